The van der Waals surface area contributed by atoms with Gasteiger partial charge in [0.25, 0.3) is 0 Å². The second-order valence-electron chi connectivity index (χ2n) is 4.05. The summed E-state index contributed by atoms with van der Waals surface area (Å²) in [6, 6.07) is 2.90. The molecule has 0 spiro atoms. The van der Waals surface area contributed by atoms with Crippen molar-refractivity contribution < 1.29 is 0 Å². The average Bonchev–Trinajstić information content (AvgIpc) is 2.42. The molecule has 1 atom stereocenters. The highest BCUT2D eigenvalue weighted by Crippen LogP contribution is 2.21. The fraction of sp³-hybridized carbons (Fsp3) is 0.667. The van der Waals surface area contributed by atoms with E-state index in [1.807, 2.05) is 7.05 Å². The lowest BCUT2D eigenvalue weighted by atomic mass is 10.2. The van der Waals surface area contributed by atoms with E-state index in [0.717, 1.165) is 6.54 Å². The summed E-state index contributed by atoms with van der Waals surface area (Å²) in [4.78, 5) is 0. The normalized spacial score (nSPS) is 13.2. The van der Waals surface area contributed by atoms with E-state index in [2.05, 4.69) is 43.6 Å². The molecule has 0 bridgehead atoms. The Kier molecular flexibility index (Phi) is 3.76. The maximum Gasteiger partial charge on any atom is 0.0305 e. The zero-order valence-corrected chi connectivity index (χ0v) is 10.0. The Balaban J connectivity index is 3.04. The van der Waals surface area contributed by atoms with Crippen LogP contribution in [0.15, 0.2) is 6.07 Å². The Bertz CT molecular complexity index is 300. The Morgan fingerprint density at radius 2 is 2.07 bits per heavy atom. The highest BCUT2D eigenvalue weighted by atomic mass is 15.0. The van der Waals surface area contributed by atoms with E-state index >= 15 is 0 Å². The Labute approximate surface area is 87.3 Å². The van der Waals surface area contributed by atoms with E-state index in [0.29, 0.717) is 6.04 Å². The molecular weight excluding hydrogens is 172 g/mol. The van der Waals surface area contributed by atoms with Crippen LogP contribution < -0.4 is 5.32 Å². The van der Waals surface area contributed by atoms with Gasteiger partial charge in [-0.25, -0.2) is 0 Å². The minimum absolute atomic E-state index is 0.612. The van der Waals surface area contributed by atoms with Gasteiger partial charge in [0.1, 0.15) is 0 Å². The lowest BCUT2D eigenvalue weighted by Gasteiger charge is -2.16. The van der Waals surface area contributed by atoms with Crippen molar-refractivity contribution in [1.29, 1.82) is 0 Å². The number of aryl methyl sites for hydroxylation is 1. The van der Waals surface area contributed by atoms with Crippen LogP contribution in [0.2, 0.25) is 0 Å². The number of aromatic nitrogens is 1. The summed E-state index contributed by atoms with van der Waals surface area (Å²) >= 11 is 0. The number of nitrogens with one attached hydrogen (secondary N) is 1. The Morgan fingerprint density at radius 1 is 1.43 bits per heavy atom. The Morgan fingerprint density at radius 3 is 2.57 bits per heavy atom. The number of nitrogens with zero attached hydrogens (tertiary/aromatic N) is 1. The van der Waals surface area contributed by atoms with Crippen LogP contribution in [-0.2, 0) is 6.54 Å². The standard InChI is InChI=1S/C12H22N2/c1-6-9(2)14-10(3)7-12(8-13-5)11(14)4/h7,9,13H,6,8H2,1-5H3. The van der Waals surface area contributed by atoms with Crippen molar-refractivity contribution in [3.05, 3.63) is 23.0 Å². The fourth-order valence-corrected chi connectivity index (χ4v) is 2.08. The molecule has 0 aromatic carbocycles. The first kappa shape index (κ1) is 11.3. The second kappa shape index (κ2) is 4.65. The van der Waals surface area contributed by atoms with Crippen LogP contribution in [-0.4, -0.2) is 11.6 Å². The van der Waals surface area contributed by atoms with Crippen molar-refractivity contribution >= 4 is 0 Å². The predicted octanol–water partition coefficient (Wildman–Crippen LogP) is 2.80. The topological polar surface area (TPSA) is 17.0 Å². The molecule has 1 aromatic heterocycles. The maximum absolute atomic E-state index is 3.21. The average molecular weight is 194 g/mol. The summed E-state index contributed by atoms with van der Waals surface area (Å²) in [7, 11) is 2.00. The summed E-state index contributed by atoms with van der Waals surface area (Å²) in [5, 5.41) is 3.21. The van der Waals surface area contributed by atoms with E-state index < -0.39 is 0 Å². The van der Waals surface area contributed by atoms with Crippen molar-refractivity contribution in [3.8, 4) is 0 Å². The van der Waals surface area contributed by atoms with E-state index in [4.69, 9.17) is 0 Å². The molecule has 2 heteroatoms. The minimum atomic E-state index is 0.612. The van der Waals surface area contributed by atoms with Crippen LogP contribution in [0.5, 0.6) is 0 Å². The number of hydrogen-bond acceptors (Lipinski definition) is 1. The third kappa shape index (κ3) is 2.01. The van der Waals surface area contributed by atoms with Crippen molar-refractivity contribution in [1.82, 2.24) is 9.88 Å². The minimum Gasteiger partial charge on any atom is -0.346 e. The van der Waals surface area contributed by atoms with Gasteiger partial charge in [-0.05, 0) is 45.9 Å². The first-order valence-corrected chi connectivity index (χ1v) is 5.43. The van der Waals surface area contributed by atoms with Crippen molar-refractivity contribution in [3.63, 3.8) is 0 Å². The van der Waals surface area contributed by atoms with Crippen molar-refractivity contribution in [2.75, 3.05) is 7.05 Å². The lowest BCUT2D eigenvalue weighted by molar-refractivity contribution is 0.510. The van der Waals surface area contributed by atoms with Crippen LogP contribution in [0.3, 0.4) is 0 Å². The molecule has 1 unspecified atom stereocenters. The molecule has 0 saturated heterocycles. The first-order valence-electron chi connectivity index (χ1n) is 5.43. The molecule has 0 amide bonds. The molecule has 0 radical (unpaired) electrons. The molecule has 1 N–H and O–H groups in total. The van der Waals surface area contributed by atoms with Crippen molar-refractivity contribution in [2.45, 2.75) is 46.7 Å². The molecule has 2 nitrogen and oxygen atoms in total. The summed E-state index contributed by atoms with van der Waals surface area (Å²) in [6.45, 7) is 9.89. The van der Waals surface area contributed by atoms with E-state index in [1.54, 1.807) is 0 Å². The van der Waals surface area contributed by atoms with Gasteiger partial charge in [-0.3, -0.25) is 0 Å². The van der Waals surface area contributed by atoms with Gasteiger partial charge in [0.15, 0.2) is 0 Å². The van der Waals surface area contributed by atoms with Gasteiger partial charge >= 0.3 is 0 Å². The van der Waals surface area contributed by atoms with Crippen LogP contribution in [0, 0.1) is 13.8 Å². The second-order valence-corrected chi connectivity index (χ2v) is 4.05. The third-order valence-electron chi connectivity index (χ3n) is 2.99. The van der Waals surface area contributed by atoms with Crippen molar-refractivity contribution in [2.24, 2.45) is 0 Å². The van der Waals surface area contributed by atoms with Gasteiger partial charge in [-0.15, -0.1) is 0 Å². The van der Waals surface area contributed by atoms with Gasteiger partial charge in [-0.2, -0.15) is 0 Å². The predicted molar refractivity (Wildman–Crippen MR) is 61.7 cm³/mol. The fourth-order valence-electron chi connectivity index (χ4n) is 2.08. The van der Waals surface area contributed by atoms with Crippen LogP contribution in [0.4, 0.5) is 0 Å². The number of rotatable bonds is 4. The molecule has 14 heavy (non-hydrogen) atoms. The van der Waals surface area contributed by atoms with Crippen LogP contribution in [0.25, 0.3) is 0 Å². The van der Waals surface area contributed by atoms with E-state index in [9.17, 15) is 0 Å². The zero-order valence-electron chi connectivity index (χ0n) is 10.0. The number of hydrogen-bond donors (Lipinski definition) is 1. The van der Waals surface area contributed by atoms with Gasteiger partial charge < -0.3 is 9.88 Å². The monoisotopic (exact) mass is 194 g/mol. The van der Waals surface area contributed by atoms with Gasteiger partial charge in [0.05, 0.1) is 0 Å². The maximum atomic E-state index is 3.21. The van der Waals surface area contributed by atoms with E-state index in [1.165, 1.54) is 23.4 Å². The van der Waals surface area contributed by atoms with E-state index in [-0.39, 0.29) is 0 Å². The van der Waals surface area contributed by atoms with Crippen LogP contribution >= 0.6 is 0 Å². The summed E-state index contributed by atoms with van der Waals surface area (Å²) < 4.78 is 2.44. The molecule has 0 saturated carbocycles. The molecular formula is C12H22N2. The third-order valence-corrected chi connectivity index (χ3v) is 2.99. The molecule has 1 rings (SSSR count). The molecule has 80 valence electrons. The smallest absolute Gasteiger partial charge is 0.0305 e. The molecule has 0 fully saturated rings. The molecule has 1 aromatic rings. The quantitative estimate of drug-likeness (QED) is 0.780. The summed E-state index contributed by atoms with van der Waals surface area (Å²) in [5.41, 5.74) is 4.21. The SMILES string of the molecule is CCC(C)n1c(C)cc(CNC)c1C. The first-order chi connectivity index (χ1) is 6.61. The summed E-state index contributed by atoms with van der Waals surface area (Å²) in [6.07, 6.45) is 1.19. The molecule has 0 aliphatic heterocycles. The molecule has 0 aliphatic carbocycles. The molecule has 1 heterocycles. The lowest BCUT2D eigenvalue weighted by Crippen LogP contribution is -2.10. The van der Waals surface area contributed by atoms with Gasteiger partial charge in [-0.1, -0.05) is 6.92 Å². The van der Waals surface area contributed by atoms with Gasteiger partial charge in [0.2, 0.25) is 0 Å². The highest BCUT2D eigenvalue weighted by molar-refractivity contribution is 5.27. The highest BCUT2D eigenvalue weighted by Gasteiger charge is 2.11. The zero-order chi connectivity index (χ0) is 10.7. The Hall–Kier alpha value is -0.760. The summed E-state index contributed by atoms with van der Waals surface area (Å²) in [5.74, 6) is 0. The largest absolute Gasteiger partial charge is 0.346 e. The van der Waals surface area contributed by atoms with Crippen LogP contribution in [0.1, 0.15) is 43.3 Å². The molecule has 0 aliphatic rings. The van der Waals surface area contributed by atoms with Gasteiger partial charge in [0, 0.05) is 24.0 Å².